The first-order valence-electron chi connectivity index (χ1n) is 9.47. The minimum absolute atomic E-state index is 0. The van der Waals surface area contributed by atoms with Gasteiger partial charge in [-0.3, -0.25) is 9.69 Å². The highest BCUT2D eigenvalue weighted by atomic mass is 35.5. The van der Waals surface area contributed by atoms with Crippen LogP contribution in [-0.4, -0.2) is 36.5 Å². The van der Waals surface area contributed by atoms with E-state index in [1.165, 1.54) is 25.9 Å². The zero-order valence-electron chi connectivity index (χ0n) is 16.0. The number of rotatable bonds is 9. The molecule has 3 N–H and O–H groups in total. The van der Waals surface area contributed by atoms with Crippen molar-refractivity contribution in [2.75, 3.05) is 19.6 Å². The minimum atomic E-state index is -0.232. The lowest BCUT2D eigenvalue weighted by atomic mass is 9.92. The number of hydrogen-bond donors (Lipinski definition) is 2. The van der Waals surface area contributed by atoms with Crippen molar-refractivity contribution in [3.05, 3.63) is 35.9 Å². The van der Waals surface area contributed by atoms with E-state index < -0.39 is 0 Å². The van der Waals surface area contributed by atoms with Gasteiger partial charge in [0.25, 0.3) is 0 Å². The Morgan fingerprint density at radius 3 is 2.23 bits per heavy atom. The molecule has 1 aromatic carbocycles. The Hall–Kier alpha value is -0.810. The Bertz CT molecular complexity index is 489. The summed E-state index contributed by atoms with van der Waals surface area (Å²) in [4.78, 5) is 14.9. The average Bonchev–Trinajstić information content (AvgIpc) is 3.13. The molecule has 6 heteroatoms. The van der Waals surface area contributed by atoms with Crippen LogP contribution in [0.5, 0.6) is 0 Å². The van der Waals surface area contributed by atoms with Gasteiger partial charge in [-0.2, -0.15) is 0 Å². The Kier molecular flexibility index (Phi) is 13.0. The van der Waals surface area contributed by atoms with E-state index in [2.05, 4.69) is 24.1 Å². The number of likely N-dealkylation sites (tertiary alicyclic amines) is 1. The fourth-order valence-electron chi connectivity index (χ4n) is 3.81. The first-order valence-corrected chi connectivity index (χ1v) is 9.47. The Balaban J connectivity index is 0.00000312. The molecule has 2 atom stereocenters. The smallest absolute Gasteiger partial charge is 0.221 e. The fraction of sp³-hybridized carbons (Fsp3) is 0.650. The van der Waals surface area contributed by atoms with Gasteiger partial charge >= 0.3 is 0 Å². The molecule has 0 aromatic heterocycles. The summed E-state index contributed by atoms with van der Waals surface area (Å²) in [5.41, 5.74) is 7.18. The standard InChI is InChI=1S/C20H33N3O.2ClH/c1-3-16(4-2)19(23-12-8-9-13-23)15-22-20(24)14-18(21)17-10-6-5-7-11-17;;/h5-7,10-11,16,18-19H,3-4,8-9,12-15,21H2,1-2H3,(H,22,24);2*1H. The molecule has 0 radical (unpaired) electrons. The van der Waals surface area contributed by atoms with Gasteiger partial charge in [0.15, 0.2) is 0 Å². The fourth-order valence-corrected chi connectivity index (χ4v) is 3.81. The summed E-state index contributed by atoms with van der Waals surface area (Å²) >= 11 is 0. The largest absolute Gasteiger partial charge is 0.354 e. The number of nitrogens with one attached hydrogen (secondary N) is 1. The lowest BCUT2D eigenvalue weighted by Gasteiger charge is -2.34. The monoisotopic (exact) mass is 403 g/mol. The lowest BCUT2D eigenvalue weighted by molar-refractivity contribution is -0.121. The van der Waals surface area contributed by atoms with Crippen LogP contribution in [0, 0.1) is 5.92 Å². The van der Waals surface area contributed by atoms with Crippen LogP contribution < -0.4 is 11.1 Å². The molecule has 1 saturated heterocycles. The van der Waals surface area contributed by atoms with Gasteiger partial charge in [-0.05, 0) is 37.4 Å². The Labute approximate surface area is 171 Å². The maximum absolute atomic E-state index is 12.3. The number of nitrogens with zero attached hydrogens (tertiary/aromatic N) is 1. The predicted molar refractivity (Wildman–Crippen MR) is 114 cm³/mol. The number of amides is 1. The quantitative estimate of drug-likeness (QED) is 0.656. The summed E-state index contributed by atoms with van der Waals surface area (Å²) < 4.78 is 0. The molecule has 0 bridgehead atoms. The molecule has 0 saturated carbocycles. The molecule has 1 aliphatic rings. The van der Waals surface area contributed by atoms with Gasteiger partial charge in [0.2, 0.25) is 5.91 Å². The third-order valence-electron chi connectivity index (χ3n) is 5.34. The summed E-state index contributed by atoms with van der Waals surface area (Å²) in [5, 5.41) is 3.15. The number of benzene rings is 1. The Morgan fingerprint density at radius 2 is 1.69 bits per heavy atom. The summed E-state index contributed by atoms with van der Waals surface area (Å²) in [7, 11) is 0. The zero-order valence-corrected chi connectivity index (χ0v) is 17.7. The van der Waals surface area contributed by atoms with Crippen LogP contribution in [-0.2, 0) is 4.79 Å². The summed E-state index contributed by atoms with van der Waals surface area (Å²) in [6.45, 7) is 7.59. The van der Waals surface area contributed by atoms with Crippen molar-refractivity contribution in [3.8, 4) is 0 Å². The van der Waals surface area contributed by atoms with Crippen molar-refractivity contribution in [1.29, 1.82) is 0 Å². The van der Waals surface area contributed by atoms with Crippen LogP contribution in [0.2, 0.25) is 0 Å². The maximum atomic E-state index is 12.3. The van der Waals surface area contributed by atoms with Gasteiger partial charge in [0.05, 0.1) is 0 Å². The molecule has 1 heterocycles. The summed E-state index contributed by atoms with van der Waals surface area (Å²) in [5.74, 6) is 0.702. The van der Waals surface area contributed by atoms with Crippen molar-refractivity contribution >= 4 is 30.7 Å². The molecule has 1 aromatic rings. The van der Waals surface area contributed by atoms with E-state index in [1.54, 1.807) is 0 Å². The van der Waals surface area contributed by atoms with E-state index in [9.17, 15) is 4.79 Å². The topological polar surface area (TPSA) is 58.4 Å². The van der Waals surface area contributed by atoms with Crippen molar-refractivity contribution in [3.63, 3.8) is 0 Å². The van der Waals surface area contributed by atoms with E-state index in [1.807, 2.05) is 30.3 Å². The summed E-state index contributed by atoms with van der Waals surface area (Å²) in [6, 6.07) is 10.1. The van der Waals surface area contributed by atoms with Crippen LogP contribution in [0.25, 0.3) is 0 Å². The second-order valence-corrected chi connectivity index (χ2v) is 6.91. The average molecular weight is 404 g/mol. The molecule has 0 spiro atoms. The second-order valence-electron chi connectivity index (χ2n) is 6.91. The molecule has 1 fully saturated rings. The van der Waals surface area contributed by atoms with Gasteiger partial charge in [-0.15, -0.1) is 24.8 Å². The van der Waals surface area contributed by atoms with Crippen LogP contribution in [0.1, 0.15) is 57.6 Å². The van der Waals surface area contributed by atoms with E-state index >= 15 is 0 Å². The van der Waals surface area contributed by atoms with E-state index in [4.69, 9.17) is 5.73 Å². The SMILES string of the molecule is CCC(CC)C(CNC(=O)CC(N)c1ccccc1)N1CCCC1.Cl.Cl. The number of nitrogens with two attached hydrogens (primary N) is 1. The van der Waals surface area contributed by atoms with E-state index in [-0.39, 0.29) is 36.8 Å². The highest BCUT2D eigenvalue weighted by Gasteiger charge is 2.27. The predicted octanol–water partition coefficient (Wildman–Crippen LogP) is 3.94. The van der Waals surface area contributed by atoms with E-state index in [0.717, 1.165) is 24.9 Å². The molecule has 2 unspecified atom stereocenters. The molecular formula is C20H35Cl2N3O. The first-order chi connectivity index (χ1) is 11.7. The van der Waals surface area contributed by atoms with E-state index in [0.29, 0.717) is 18.4 Å². The number of carbonyl (C=O) groups is 1. The number of carbonyl (C=O) groups excluding carboxylic acids is 1. The Morgan fingerprint density at radius 1 is 1.12 bits per heavy atom. The van der Waals surface area contributed by atoms with Gasteiger partial charge in [0, 0.05) is 25.0 Å². The zero-order chi connectivity index (χ0) is 17.4. The van der Waals surface area contributed by atoms with Crippen molar-refractivity contribution < 1.29 is 4.79 Å². The first kappa shape index (κ1) is 25.2. The molecular weight excluding hydrogens is 369 g/mol. The maximum Gasteiger partial charge on any atom is 0.221 e. The molecule has 0 aliphatic carbocycles. The molecule has 150 valence electrons. The van der Waals surface area contributed by atoms with Gasteiger partial charge < -0.3 is 11.1 Å². The molecule has 1 amide bonds. The molecule has 2 rings (SSSR count). The molecule has 26 heavy (non-hydrogen) atoms. The highest BCUT2D eigenvalue weighted by molar-refractivity contribution is 5.85. The normalized spacial score (nSPS) is 16.5. The minimum Gasteiger partial charge on any atom is -0.354 e. The third-order valence-corrected chi connectivity index (χ3v) is 5.34. The van der Waals surface area contributed by atoms with Gasteiger partial charge in [0.1, 0.15) is 0 Å². The van der Waals surface area contributed by atoms with Crippen LogP contribution in [0.4, 0.5) is 0 Å². The highest BCUT2D eigenvalue weighted by Crippen LogP contribution is 2.22. The van der Waals surface area contributed by atoms with Gasteiger partial charge in [-0.25, -0.2) is 0 Å². The molecule has 4 nitrogen and oxygen atoms in total. The summed E-state index contributed by atoms with van der Waals surface area (Å²) in [6.07, 6.45) is 5.24. The van der Waals surface area contributed by atoms with Crippen LogP contribution in [0.3, 0.4) is 0 Å². The lowest BCUT2D eigenvalue weighted by Crippen LogP contribution is -2.47. The second kappa shape index (κ2) is 13.4. The third kappa shape index (κ3) is 7.43. The number of hydrogen-bond acceptors (Lipinski definition) is 3. The van der Waals surface area contributed by atoms with Crippen LogP contribution in [0.15, 0.2) is 30.3 Å². The van der Waals surface area contributed by atoms with Crippen molar-refractivity contribution in [2.45, 2.75) is 58.0 Å². The molecule has 1 aliphatic heterocycles. The number of halogens is 2. The van der Waals surface area contributed by atoms with Crippen molar-refractivity contribution in [2.24, 2.45) is 11.7 Å². The van der Waals surface area contributed by atoms with Crippen molar-refractivity contribution in [1.82, 2.24) is 10.2 Å². The van der Waals surface area contributed by atoms with Gasteiger partial charge in [-0.1, -0.05) is 57.0 Å². The van der Waals surface area contributed by atoms with Crippen LogP contribution >= 0.6 is 24.8 Å².